The molecule has 2 N–H and O–H groups in total. The first-order valence-electron chi connectivity index (χ1n) is 9.92. The SMILES string of the molecule is CN=C(NCCCN1CCN(C)CC1c1ccccc1)NCc1ncnn1C. The van der Waals surface area contributed by atoms with Crippen LogP contribution in [-0.4, -0.2) is 77.3 Å². The van der Waals surface area contributed by atoms with Crippen molar-refractivity contribution in [1.82, 2.24) is 35.2 Å². The second-order valence-electron chi connectivity index (χ2n) is 7.23. The lowest BCUT2D eigenvalue weighted by atomic mass is 10.0. The van der Waals surface area contributed by atoms with E-state index in [0.717, 1.165) is 50.9 Å². The Morgan fingerprint density at radius 3 is 2.71 bits per heavy atom. The molecule has 8 heteroatoms. The highest BCUT2D eigenvalue weighted by Crippen LogP contribution is 2.24. The number of piperazine rings is 1. The first-order valence-corrected chi connectivity index (χ1v) is 9.92. The molecule has 0 bridgehead atoms. The van der Waals surface area contributed by atoms with E-state index in [4.69, 9.17) is 0 Å². The van der Waals surface area contributed by atoms with Gasteiger partial charge in [-0.25, -0.2) is 4.98 Å². The van der Waals surface area contributed by atoms with Crippen molar-refractivity contribution in [1.29, 1.82) is 0 Å². The lowest BCUT2D eigenvalue weighted by molar-refractivity contribution is 0.0891. The summed E-state index contributed by atoms with van der Waals surface area (Å²) in [6.07, 6.45) is 2.63. The maximum atomic E-state index is 4.29. The molecule has 1 saturated heterocycles. The molecule has 1 atom stereocenters. The van der Waals surface area contributed by atoms with Crippen LogP contribution in [0.25, 0.3) is 0 Å². The highest BCUT2D eigenvalue weighted by atomic mass is 15.3. The number of rotatable bonds is 7. The molecule has 8 nitrogen and oxygen atoms in total. The van der Waals surface area contributed by atoms with Crippen molar-refractivity contribution in [2.75, 3.05) is 46.8 Å². The van der Waals surface area contributed by atoms with Crippen molar-refractivity contribution in [3.8, 4) is 0 Å². The predicted molar refractivity (Wildman–Crippen MR) is 112 cm³/mol. The molecule has 152 valence electrons. The van der Waals surface area contributed by atoms with Crippen molar-refractivity contribution < 1.29 is 0 Å². The molecule has 0 saturated carbocycles. The minimum absolute atomic E-state index is 0.466. The highest BCUT2D eigenvalue weighted by Gasteiger charge is 2.25. The lowest BCUT2D eigenvalue weighted by Gasteiger charge is -2.40. The van der Waals surface area contributed by atoms with E-state index in [-0.39, 0.29) is 0 Å². The maximum absolute atomic E-state index is 4.29. The topological polar surface area (TPSA) is 73.6 Å². The van der Waals surface area contributed by atoms with Crippen molar-refractivity contribution in [3.05, 3.63) is 48.0 Å². The van der Waals surface area contributed by atoms with Crippen LogP contribution in [0.2, 0.25) is 0 Å². The molecule has 1 unspecified atom stereocenters. The Morgan fingerprint density at radius 1 is 1.18 bits per heavy atom. The third-order valence-electron chi connectivity index (χ3n) is 5.24. The molecule has 1 aromatic carbocycles. The summed E-state index contributed by atoms with van der Waals surface area (Å²) >= 11 is 0. The van der Waals surface area contributed by atoms with Crippen molar-refractivity contribution >= 4 is 5.96 Å². The third-order valence-corrected chi connectivity index (χ3v) is 5.24. The summed E-state index contributed by atoms with van der Waals surface area (Å²) in [7, 11) is 5.89. The van der Waals surface area contributed by atoms with E-state index >= 15 is 0 Å². The predicted octanol–water partition coefficient (Wildman–Crippen LogP) is 0.859. The van der Waals surface area contributed by atoms with E-state index in [1.165, 1.54) is 5.56 Å². The monoisotopic (exact) mass is 384 g/mol. The third kappa shape index (κ3) is 5.53. The summed E-state index contributed by atoms with van der Waals surface area (Å²) in [5.74, 6) is 1.67. The van der Waals surface area contributed by atoms with Gasteiger partial charge in [-0.3, -0.25) is 14.6 Å². The van der Waals surface area contributed by atoms with Crippen LogP contribution in [0.5, 0.6) is 0 Å². The fourth-order valence-electron chi connectivity index (χ4n) is 3.57. The molecular formula is C20H32N8. The van der Waals surface area contributed by atoms with Crippen LogP contribution in [0, 0.1) is 0 Å². The number of guanidine groups is 1. The Kier molecular flexibility index (Phi) is 7.39. The lowest BCUT2D eigenvalue weighted by Crippen LogP contribution is -2.47. The van der Waals surface area contributed by atoms with E-state index in [1.807, 2.05) is 7.05 Å². The molecule has 1 aromatic heterocycles. The van der Waals surface area contributed by atoms with Gasteiger partial charge in [-0.2, -0.15) is 5.10 Å². The molecule has 1 fully saturated rings. The zero-order valence-corrected chi connectivity index (χ0v) is 17.2. The van der Waals surface area contributed by atoms with E-state index < -0.39 is 0 Å². The quantitative estimate of drug-likeness (QED) is 0.419. The van der Waals surface area contributed by atoms with E-state index in [0.29, 0.717) is 12.6 Å². The Hall–Kier alpha value is -2.45. The summed E-state index contributed by atoms with van der Waals surface area (Å²) in [5, 5.41) is 10.8. The molecule has 0 aliphatic carbocycles. The van der Waals surface area contributed by atoms with Gasteiger partial charge in [0, 0.05) is 52.9 Å². The molecule has 3 rings (SSSR count). The van der Waals surface area contributed by atoms with Gasteiger partial charge in [-0.05, 0) is 19.0 Å². The Morgan fingerprint density at radius 2 is 2.00 bits per heavy atom. The highest BCUT2D eigenvalue weighted by molar-refractivity contribution is 5.79. The summed E-state index contributed by atoms with van der Waals surface area (Å²) in [5.41, 5.74) is 1.41. The normalized spacial score (nSPS) is 19.0. The molecule has 0 amide bonds. The molecule has 1 aliphatic heterocycles. The van der Waals surface area contributed by atoms with Crippen LogP contribution in [0.15, 0.2) is 41.7 Å². The Balaban J connectivity index is 1.44. The Bertz CT molecular complexity index is 742. The average Bonchev–Trinajstić information content (AvgIpc) is 3.13. The van der Waals surface area contributed by atoms with Gasteiger partial charge in [0.2, 0.25) is 0 Å². The maximum Gasteiger partial charge on any atom is 0.191 e. The number of hydrogen-bond donors (Lipinski definition) is 2. The number of likely N-dealkylation sites (N-methyl/N-ethyl adjacent to an activating group) is 1. The number of benzene rings is 1. The van der Waals surface area contributed by atoms with Gasteiger partial charge in [0.1, 0.15) is 12.2 Å². The smallest absolute Gasteiger partial charge is 0.191 e. The average molecular weight is 385 g/mol. The molecule has 1 aliphatic rings. The summed E-state index contributed by atoms with van der Waals surface area (Å²) in [6, 6.07) is 11.3. The summed E-state index contributed by atoms with van der Waals surface area (Å²) in [6.45, 7) is 5.86. The van der Waals surface area contributed by atoms with Crippen molar-refractivity contribution in [2.24, 2.45) is 12.0 Å². The standard InChI is InChI=1S/C20H32N8/c1-21-20(23-14-19-24-16-25-27(19)3)22-10-7-11-28-13-12-26(2)15-18(28)17-8-5-4-6-9-17/h4-6,8-9,16,18H,7,10-15H2,1-3H3,(H2,21,22,23). The minimum atomic E-state index is 0.466. The van der Waals surface area contributed by atoms with Gasteiger partial charge in [0.25, 0.3) is 0 Å². The zero-order chi connectivity index (χ0) is 19.8. The number of nitrogens with zero attached hydrogens (tertiary/aromatic N) is 6. The molecule has 0 spiro atoms. The number of nitrogens with one attached hydrogen (secondary N) is 2. The van der Waals surface area contributed by atoms with Crippen molar-refractivity contribution in [3.63, 3.8) is 0 Å². The fraction of sp³-hybridized carbons (Fsp3) is 0.550. The number of aromatic nitrogens is 3. The number of hydrogen-bond acceptors (Lipinski definition) is 5. The van der Waals surface area contributed by atoms with Gasteiger partial charge in [-0.1, -0.05) is 30.3 Å². The number of aliphatic imine (C=N–C) groups is 1. The van der Waals surface area contributed by atoms with Crippen LogP contribution in [0.1, 0.15) is 23.9 Å². The Labute approximate surface area is 167 Å². The van der Waals surface area contributed by atoms with Crippen molar-refractivity contribution in [2.45, 2.75) is 19.0 Å². The van der Waals surface area contributed by atoms with E-state index in [9.17, 15) is 0 Å². The molecule has 28 heavy (non-hydrogen) atoms. The zero-order valence-electron chi connectivity index (χ0n) is 17.2. The van der Waals surface area contributed by atoms with E-state index in [1.54, 1.807) is 18.1 Å². The number of aryl methyl sites for hydroxylation is 1. The van der Waals surface area contributed by atoms with Crippen LogP contribution in [0.3, 0.4) is 0 Å². The summed E-state index contributed by atoms with van der Waals surface area (Å²) < 4.78 is 1.76. The van der Waals surface area contributed by atoms with Crippen LogP contribution >= 0.6 is 0 Å². The molecule has 2 aromatic rings. The first-order chi connectivity index (χ1) is 13.7. The van der Waals surface area contributed by atoms with Gasteiger partial charge >= 0.3 is 0 Å². The van der Waals surface area contributed by atoms with Gasteiger partial charge in [0.15, 0.2) is 5.96 Å². The minimum Gasteiger partial charge on any atom is -0.356 e. The molecular weight excluding hydrogens is 352 g/mol. The second kappa shape index (κ2) is 10.2. The largest absolute Gasteiger partial charge is 0.356 e. The second-order valence-corrected chi connectivity index (χ2v) is 7.23. The van der Waals surface area contributed by atoms with E-state index in [2.05, 4.69) is 72.9 Å². The van der Waals surface area contributed by atoms with Crippen LogP contribution in [-0.2, 0) is 13.6 Å². The van der Waals surface area contributed by atoms with Gasteiger partial charge in [-0.15, -0.1) is 0 Å². The van der Waals surface area contributed by atoms with Crippen LogP contribution < -0.4 is 10.6 Å². The van der Waals surface area contributed by atoms with Crippen LogP contribution in [0.4, 0.5) is 0 Å². The molecule has 2 heterocycles. The summed E-state index contributed by atoms with van der Waals surface area (Å²) in [4.78, 5) is 13.5. The molecule has 0 radical (unpaired) electrons. The van der Waals surface area contributed by atoms with Gasteiger partial charge in [0.05, 0.1) is 6.54 Å². The first kappa shape index (κ1) is 20.3. The fourth-order valence-corrected chi connectivity index (χ4v) is 3.57. The van der Waals surface area contributed by atoms with Gasteiger partial charge < -0.3 is 15.5 Å².